The Morgan fingerprint density at radius 2 is 2.38 bits per heavy atom. The molecule has 1 unspecified atom stereocenters. The van der Waals surface area contributed by atoms with Crippen LogP contribution in [0.15, 0.2) is 18.5 Å². The van der Waals surface area contributed by atoms with Crippen LogP contribution in [0.3, 0.4) is 0 Å². The number of nitrogens with one attached hydrogen (secondary N) is 2. The van der Waals surface area contributed by atoms with Crippen molar-refractivity contribution in [2.45, 2.75) is 25.4 Å². The predicted octanol–water partition coefficient (Wildman–Crippen LogP) is 1.31. The van der Waals surface area contributed by atoms with E-state index in [1.807, 2.05) is 12.3 Å². The minimum absolute atomic E-state index is 0.139. The average Bonchev–Trinajstić information content (AvgIpc) is 3.16. The zero-order valence-electron chi connectivity index (χ0n) is 13.3. The van der Waals surface area contributed by atoms with Gasteiger partial charge >= 0.3 is 0 Å². The average molecular weight is 349 g/mol. The van der Waals surface area contributed by atoms with Crippen molar-refractivity contribution in [2.75, 3.05) is 19.5 Å². The monoisotopic (exact) mass is 349 g/mol. The molecule has 4 rings (SSSR count). The fourth-order valence-corrected chi connectivity index (χ4v) is 3.67. The molecule has 2 N–H and O–H groups in total. The van der Waals surface area contributed by atoms with Gasteiger partial charge < -0.3 is 14.3 Å². The molecule has 0 amide bonds. The molecule has 1 saturated heterocycles. The molecule has 3 aromatic rings. The second kappa shape index (κ2) is 5.83. The third kappa shape index (κ3) is 2.79. The van der Waals surface area contributed by atoms with Crippen molar-refractivity contribution < 1.29 is 13.2 Å². The second-order valence-electron chi connectivity index (χ2n) is 6.09. The van der Waals surface area contributed by atoms with Crippen molar-refractivity contribution in [1.29, 1.82) is 0 Å². The van der Waals surface area contributed by atoms with Gasteiger partial charge in [0.25, 0.3) is 0 Å². The molecule has 0 bridgehead atoms. The van der Waals surface area contributed by atoms with E-state index in [0.717, 1.165) is 47.8 Å². The van der Waals surface area contributed by atoms with E-state index in [9.17, 15) is 8.42 Å². The Bertz CT molecular complexity index is 985. The van der Waals surface area contributed by atoms with E-state index in [1.165, 1.54) is 0 Å². The topological polar surface area (TPSA) is 102 Å². The molecule has 4 heterocycles. The molecule has 1 atom stereocenters. The van der Waals surface area contributed by atoms with Crippen LogP contribution in [-0.2, 0) is 21.3 Å². The smallest absolute Gasteiger partial charge is 0.209 e. The largest absolute Gasteiger partial charge is 0.379 e. The molecular formula is C15H19N5O3S. The summed E-state index contributed by atoms with van der Waals surface area (Å²) in [6.07, 6.45) is 6.67. The SMILES string of the molecule is CS(=O)(=O)NCc1nc2cnc3[nH]ccc3c2n1C1CCCOC1. The van der Waals surface area contributed by atoms with Gasteiger partial charge in [0, 0.05) is 18.2 Å². The zero-order chi connectivity index (χ0) is 16.7. The van der Waals surface area contributed by atoms with Crippen LogP contribution in [0.2, 0.25) is 0 Å². The first-order valence-electron chi connectivity index (χ1n) is 7.88. The molecule has 1 fully saturated rings. The molecule has 0 aliphatic carbocycles. The molecule has 1 aliphatic heterocycles. The van der Waals surface area contributed by atoms with E-state index >= 15 is 0 Å². The standard InChI is InChI=1S/C15H19N5O3S/c1-24(21,22)18-8-13-19-12-7-17-15-11(4-5-16-15)14(12)20(13)10-3-2-6-23-9-10/h4-5,7,10,18H,2-3,6,8-9H2,1H3,(H,16,17). The number of aromatic nitrogens is 4. The van der Waals surface area contributed by atoms with Crippen LogP contribution >= 0.6 is 0 Å². The van der Waals surface area contributed by atoms with E-state index in [-0.39, 0.29) is 12.6 Å². The third-order valence-electron chi connectivity index (χ3n) is 4.30. The van der Waals surface area contributed by atoms with Gasteiger partial charge in [0.15, 0.2) is 0 Å². The Hall–Kier alpha value is -1.97. The Balaban J connectivity index is 1.89. The number of imidazole rings is 1. The number of fused-ring (bicyclic) bond motifs is 3. The van der Waals surface area contributed by atoms with Gasteiger partial charge in [-0.05, 0) is 18.9 Å². The lowest BCUT2D eigenvalue weighted by Gasteiger charge is -2.26. The molecule has 0 radical (unpaired) electrons. The minimum atomic E-state index is -3.30. The summed E-state index contributed by atoms with van der Waals surface area (Å²) < 4.78 is 33.3. The van der Waals surface area contributed by atoms with Crippen LogP contribution in [0.25, 0.3) is 22.1 Å². The summed E-state index contributed by atoms with van der Waals surface area (Å²) in [6.45, 7) is 1.52. The summed E-state index contributed by atoms with van der Waals surface area (Å²) in [7, 11) is -3.30. The first-order valence-corrected chi connectivity index (χ1v) is 9.77. The summed E-state index contributed by atoms with van der Waals surface area (Å²) in [5.74, 6) is 0.682. The van der Waals surface area contributed by atoms with Crippen LogP contribution in [0.4, 0.5) is 0 Å². The minimum Gasteiger partial charge on any atom is -0.379 e. The van der Waals surface area contributed by atoms with Crippen molar-refractivity contribution in [3.05, 3.63) is 24.3 Å². The van der Waals surface area contributed by atoms with Crippen molar-refractivity contribution >= 4 is 32.1 Å². The molecule has 0 saturated carbocycles. The summed E-state index contributed by atoms with van der Waals surface area (Å²) in [6, 6.07) is 2.11. The lowest BCUT2D eigenvalue weighted by Crippen LogP contribution is -2.27. The zero-order valence-corrected chi connectivity index (χ0v) is 14.1. The summed E-state index contributed by atoms with van der Waals surface area (Å²) >= 11 is 0. The van der Waals surface area contributed by atoms with E-state index in [2.05, 4.69) is 24.2 Å². The molecule has 128 valence electrons. The summed E-state index contributed by atoms with van der Waals surface area (Å²) in [5.41, 5.74) is 2.53. The molecule has 0 spiro atoms. The number of ether oxygens (including phenoxy) is 1. The molecule has 0 aromatic carbocycles. The number of hydrogen-bond donors (Lipinski definition) is 2. The number of pyridine rings is 1. The van der Waals surface area contributed by atoms with Gasteiger partial charge in [-0.2, -0.15) is 0 Å². The Morgan fingerprint density at radius 3 is 3.12 bits per heavy atom. The van der Waals surface area contributed by atoms with E-state index in [4.69, 9.17) is 4.74 Å². The number of nitrogens with zero attached hydrogens (tertiary/aromatic N) is 3. The lowest BCUT2D eigenvalue weighted by atomic mass is 10.1. The highest BCUT2D eigenvalue weighted by Gasteiger charge is 2.24. The molecule has 1 aliphatic rings. The van der Waals surface area contributed by atoms with Crippen LogP contribution in [-0.4, -0.2) is 47.4 Å². The van der Waals surface area contributed by atoms with Crippen molar-refractivity contribution in [1.82, 2.24) is 24.2 Å². The first kappa shape index (κ1) is 15.6. The number of H-pyrrole nitrogens is 1. The summed E-state index contributed by atoms with van der Waals surface area (Å²) in [5, 5.41) is 0.983. The highest BCUT2D eigenvalue weighted by Crippen LogP contribution is 2.30. The van der Waals surface area contributed by atoms with Crippen molar-refractivity contribution in [2.24, 2.45) is 0 Å². The van der Waals surface area contributed by atoms with Gasteiger partial charge in [-0.15, -0.1) is 0 Å². The Morgan fingerprint density at radius 1 is 1.50 bits per heavy atom. The lowest BCUT2D eigenvalue weighted by molar-refractivity contribution is 0.0596. The predicted molar refractivity (Wildman–Crippen MR) is 90.2 cm³/mol. The van der Waals surface area contributed by atoms with Crippen LogP contribution in [0, 0.1) is 0 Å². The van der Waals surface area contributed by atoms with Gasteiger partial charge in [-0.3, -0.25) is 0 Å². The highest BCUT2D eigenvalue weighted by atomic mass is 32.2. The fourth-order valence-electron chi connectivity index (χ4n) is 3.28. The Kier molecular flexibility index (Phi) is 3.78. The molecule has 3 aromatic heterocycles. The Labute approximate surface area is 139 Å². The van der Waals surface area contributed by atoms with Gasteiger partial charge in [-0.1, -0.05) is 0 Å². The summed E-state index contributed by atoms with van der Waals surface area (Å²) in [4.78, 5) is 12.1. The highest BCUT2D eigenvalue weighted by molar-refractivity contribution is 7.88. The van der Waals surface area contributed by atoms with Crippen LogP contribution < -0.4 is 4.72 Å². The normalized spacial score (nSPS) is 19.3. The maximum Gasteiger partial charge on any atom is 0.209 e. The number of hydrogen-bond acceptors (Lipinski definition) is 5. The van der Waals surface area contributed by atoms with Gasteiger partial charge in [0.05, 0.1) is 37.2 Å². The molecular weight excluding hydrogens is 330 g/mol. The number of sulfonamides is 1. The van der Waals surface area contributed by atoms with Crippen LogP contribution in [0.1, 0.15) is 24.7 Å². The van der Waals surface area contributed by atoms with Gasteiger partial charge in [0.1, 0.15) is 17.0 Å². The second-order valence-corrected chi connectivity index (χ2v) is 7.93. The van der Waals surface area contributed by atoms with E-state index in [1.54, 1.807) is 6.20 Å². The van der Waals surface area contributed by atoms with E-state index in [0.29, 0.717) is 12.4 Å². The van der Waals surface area contributed by atoms with Gasteiger partial charge in [-0.25, -0.2) is 23.1 Å². The van der Waals surface area contributed by atoms with Crippen molar-refractivity contribution in [3.63, 3.8) is 0 Å². The number of rotatable bonds is 4. The maximum atomic E-state index is 11.5. The van der Waals surface area contributed by atoms with Crippen LogP contribution in [0.5, 0.6) is 0 Å². The maximum absolute atomic E-state index is 11.5. The number of aromatic amines is 1. The molecule has 9 heteroatoms. The molecule has 24 heavy (non-hydrogen) atoms. The first-order chi connectivity index (χ1) is 11.5. The van der Waals surface area contributed by atoms with E-state index < -0.39 is 10.0 Å². The fraction of sp³-hybridized carbons (Fsp3) is 0.467. The third-order valence-corrected chi connectivity index (χ3v) is 4.97. The molecule has 8 nitrogen and oxygen atoms in total. The van der Waals surface area contributed by atoms with Gasteiger partial charge in [0.2, 0.25) is 10.0 Å². The van der Waals surface area contributed by atoms with Crippen molar-refractivity contribution in [3.8, 4) is 0 Å². The quantitative estimate of drug-likeness (QED) is 0.739.